The molecule has 17 heavy (non-hydrogen) atoms. The van der Waals surface area contributed by atoms with E-state index in [2.05, 4.69) is 15.9 Å². The molecule has 0 fully saturated rings. The van der Waals surface area contributed by atoms with Gasteiger partial charge in [-0.2, -0.15) is 0 Å². The van der Waals surface area contributed by atoms with E-state index in [9.17, 15) is 4.39 Å². The monoisotopic (exact) mass is 294 g/mol. The Morgan fingerprint density at radius 3 is 2.47 bits per heavy atom. The van der Waals surface area contributed by atoms with Crippen LogP contribution in [0.3, 0.4) is 0 Å². The molecule has 0 saturated heterocycles. The minimum Gasteiger partial charge on any atom is -0.490 e. The SMILES string of the molecule is CCOc1c(F)cccc1-c1ccccc1Br. The van der Waals surface area contributed by atoms with Crippen LogP contribution in [0, 0.1) is 5.82 Å². The van der Waals surface area contributed by atoms with E-state index in [1.165, 1.54) is 6.07 Å². The van der Waals surface area contributed by atoms with Gasteiger partial charge >= 0.3 is 0 Å². The van der Waals surface area contributed by atoms with Crippen molar-refractivity contribution in [3.8, 4) is 16.9 Å². The van der Waals surface area contributed by atoms with Crippen LogP contribution in [0.1, 0.15) is 6.92 Å². The molecule has 2 aromatic carbocycles. The first kappa shape index (κ1) is 12.1. The highest BCUT2D eigenvalue weighted by atomic mass is 79.9. The Labute approximate surface area is 108 Å². The molecule has 0 aliphatic carbocycles. The Hall–Kier alpha value is -1.35. The Morgan fingerprint density at radius 2 is 1.76 bits per heavy atom. The molecule has 0 bridgehead atoms. The molecule has 0 aliphatic heterocycles. The molecule has 0 spiro atoms. The van der Waals surface area contributed by atoms with Crippen LogP contribution in [0.4, 0.5) is 4.39 Å². The predicted octanol–water partition coefficient (Wildman–Crippen LogP) is 4.65. The zero-order valence-corrected chi connectivity index (χ0v) is 11.0. The summed E-state index contributed by atoms with van der Waals surface area (Å²) in [6.45, 7) is 2.29. The lowest BCUT2D eigenvalue weighted by Crippen LogP contribution is -1.97. The lowest BCUT2D eigenvalue weighted by atomic mass is 10.0. The van der Waals surface area contributed by atoms with Crippen molar-refractivity contribution in [2.45, 2.75) is 6.92 Å². The topological polar surface area (TPSA) is 9.23 Å². The largest absolute Gasteiger partial charge is 0.490 e. The molecule has 3 heteroatoms. The van der Waals surface area contributed by atoms with E-state index in [0.717, 1.165) is 15.6 Å². The Kier molecular flexibility index (Phi) is 3.79. The molecular weight excluding hydrogens is 283 g/mol. The lowest BCUT2D eigenvalue weighted by Gasteiger charge is -2.12. The van der Waals surface area contributed by atoms with Crippen molar-refractivity contribution >= 4 is 15.9 Å². The number of hydrogen-bond donors (Lipinski definition) is 0. The molecule has 0 saturated carbocycles. The van der Waals surface area contributed by atoms with Crippen LogP contribution in [0.15, 0.2) is 46.9 Å². The summed E-state index contributed by atoms with van der Waals surface area (Å²) in [7, 11) is 0. The van der Waals surface area contributed by atoms with Crippen molar-refractivity contribution in [3.63, 3.8) is 0 Å². The smallest absolute Gasteiger partial charge is 0.165 e. The summed E-state index contributed by atoms with van der Waals surface area (Å²) in [4.78, 5) is 0. The van der Waals surface area contributed by atoms with E-state index in [4.69, 9.17) is 4.74 Å². The van der Waals surface area contributed by atoms with Crippen LogP contribution < -0.4 is 4.74 Å². The van der Waals surface area contributed by atoms with Crippen LogP contribution in [0.5, 0.6) is 5.75 Å². The lowest BCUT2D eigenvalue weighted by molar-refractivity contribution is 0.323. The molecule has 88 valence electrons. The number of rotatable bonds is 3. The fraction of sp³-hybridized carbons (Fsp3) is 0.143. The van der Waals surface area contributed by atoms with Gasteiger partial charge in [-0.3, -0.25) is 0 Å². The molecule has 0 N–H and O–H groups in total. The average Bonchev–Trinajstić information content (AvgIpc) is 2.33. The Morgan fingerprint density at radius 1 is 1.06 bits per heavy atom. The first-order chi connectivity index (χ1) is 8.24. The van der Waals surface area contributed by atoms with Gasteiger partial charge in [0.15, 0.2) is 11.6 Å². The van der Waals surface area contributed by atoms with Crippen LogP contribution in [-0.4, -0.2) is 6.61 Å². The summed E-state index contributed by atoms with van der Waals surface area (Å²) in [5, 5.41) is 0. The van der Waals surface area contributed by atoms with Crippen molar-refractivity contribution < 1.29 is 9.13 Å². The van der Waals surface area contributed by atoms with Crippen LogP contribution in [-0.2, 0) is 0 Å². The summed E-state index contributed by atoms with van der Waals surface area (Å²) in [5.74, 6) is -0.0259. The minimum absolute atomic E-state index is 0.307. The highest BCUT2D eigenvalue weighted by molar-refractivity contribution is 9.10. The van der Waals surface area contributed by atoms with E-state index in [1.807, 2.05) is 37.3 Å². The van der Waals surface area contributed by atoms with Gasteiger partial charge in [-0.05, 0) is 24.6 Å². The third-order valence-electron chi connectivity index (χ3n) is 2.42. The van der Waals surface area contributed by atoms with Crippen molar-refractivity contribution in [3.05, 3.63) is 52.8 Å². The van der Waals surface area contributed by atoms with E-state index in [-0.39, 0.29) is 5.82 Å². The molecule has 0 unspecified atom stereocenters. The average molecular weight is 295 g/mol. The van der Waals surface area contributed by atoms with Crippen LogP contribution >= 0.6 is 15.9 Å². The maximum atomic E-state index is 13.7. The second-order valence-electron chi connectivity index (χ2n) is 3.53. The highest BCUT2D eigenvalue weighted by Crippen LogP contribution is 2.36. The molecule has 0 heterocycles. The summed E-state index contributed by atoms with van der Waals surface area (Å²) in [5.41, 5.74) is 1.69. The second kappa shape index (κ2) is 5.32. The summed E-state index contributed by atoms with van der Waals surface area (Å²) in [6.07, 6.45) is 0. The van der Waals surface area contributed by atoms with Gasteiger partial charge < -0.3 is 4.74 Å². The summed E-state index contributed by atoms with van der Waals surface area (Å²) in [6, 6.07) is 12.7. The summed E-state index contributed by atoms with van der Waals surface area (Å²) < 4.78 is 20.0. The van der Waals surface area contributed by atoms with Gasteiger partial charge in [-0.1, -0.05) is 46.3 Å². The fourth-order valence-corrected chi connectivity index (χ4v) is 2.19. The van der Waals surface area contributed by atoms with Gasteiger partial charge in [0.2, 0.25) is 0 Å². The molecule has 0 aromatic heterocycles. The molecule has 0 aliphatic rings. The molecular formula is C14H12BrFO. The predicted molar refractivity (Wildman–Crippen MR) is 70.7 cm³/mol. The van der Waals surface area contributed by atoms with Gasteiger partial charge in [-0.25, -0.2) is 4.39 Å². The number of hydrogen-bond acceptors (Lipinski definition) is 1. The Bertz CT molecular complexity index is 525. The van der Waals surface area contributed by atoms with Crippen LogP contribution in [0.2, 0.25) is 0 Å². The zero-order chi connectivity index (χ0) is 12.3. The normalized spacial score (nSPS) is 10.3. The molecule has 1 nitrogen and oxygen atoms in total. The quantitative estimate of drug-likeness (QED) is 0.800. The van der Waals surface area contributed by atoms with Gasteiger partial charge in [-0.15, -0.1) is 0 Å². The van der Waals surface area contributed by atoms with Crippen molar-refractivity contribution in [2.75, 3.05) is 6.61 Å². The number of para-hydroxylation sites is 1. The number of benzene rings is 2. The molecule has 0 atom stereocenters. The van der Waals surface area contributed by atoms with Gasteiger partial charge in [0.1, 0.15) is 0 Å². The van der Waals surface area contributed by atoms with Gasteiger partial charge in [0, 0.05) is 10.0 Å². The molecule has 0 amide bonds. The third-order valence-corrected chi connectivity index (χ3v) is 3.11. The minimum atomic E-state index is -0.333. The first-order valence-corrected chi connectivity index (χ1v) is 6.19. The molecule has 2 rings (SSSR count). The van der Waals surface area contributed by atoms with Gasteiger partial charge in [0.25, 0.3) is 0 Å². The van der Waals surface area contributed by atoms with E-state index < -0.39 is 0 Å². The van der Waals surface area contributed by atoms with E-state index in [1.54, 1.807) is 6.07 Å². The second-order valence-corrected chi connectivity index (χ2v) is 4.38. The van der Waals surface area contributed by atoms with Crippen molar-refractivity contribution in [1.82, 2.24) is 0 Å². The Balaban J connectivity index is 2.59. The van der Waals surface area contributed by atoms with E-state index in [0.29, 0.717) is 12.4 Å². The van der Waals surface area contributed by atoms with Gasteiger partial charge in [0.05, 0.1) is 6.61 Å². The maximum absolute atomic E-state index is 13.7. The summed E-state index contributed by atoms with van der Waals surface area (Å²) >= 11 is 3.46. The standard InChI is InChI=1S/C14H12BrFO/c1-2-17-14-11(7-5-9-13(14)16)10-6-3-4-8-12(10)15/h3-9H,2H2,1H3. The molecule has 2 aromatic rings. The number of ether oxygens (including phenoxy) is 1. The number of halogens is 2. The maximum Gasteiger partial charge on any atom is 0.165 e. The zero-order valence-electron chi connectivity index (χ0n) is 9.41. The highest BCUT2D eigenvalue weighted by Gasteiger charge is 2.12. The third kappa shape index (κ3) is 2.50. The molecule has 0 radical (unpaired) electrons. The fourth-order valence-electron chi connectivity index (χ4n) is 1.69. The van der Waals surface area contributed by atoms with Crippen molar-refractivity contribution in [1.29, 1.82) is 0 Å². The van der Waals surface area contributed by atoms with Crippen LogP contribution in [0.25, 0.3) is 11.1 Å². The van der Waals surface area contributed by atoms with E-state index >= 15 is 0 Å². The van der Waals surface area contributed by atoms with Crippen molar-refractivity contribution in [2.24, 2.45) is 0 Å². The first-order valence-electron chi connectivity index (χ1n) is 5.40.